The third-order valence-corrected chi connectivity index (χ3v) is 4.91. The fourth-order valence-electron chi connectivity index (χ4n) is 3.57. The van der Waals surface area contributed by atoms with Crippen molar-refractivity contribution < 1.29 is 4.42 Å². The molecule has 0 amide bonds. The molecule has 3 heteroatoms. The Morgan fingerprint density at radius 2 is 1.50 bits per heavy atom. The van der Waals surface area contributed by atoms with Crippen LogP contribution in [0.1, 0.15) is 5.56 Å². The molecule has 0 spiro atoms. The van der Waals surface area contributed by atoms with E-state index in [4.69, 9.17) is 4.42 Å². The van der Waals surface area contributed by atoms with Gasteiger partial charge >= 0.3 is 0 Å². The van der Waals surface area contributed by atoms with E-state index in [-0.39, 0.29) is 0 Å². The summed E-state index contributed by atoms with van der Waals surface area (Å²) in [6.45, 7) is 0. The van der Waals surface area contributed by atoms with Crippen LogP contribution in [0, 0.1) is 11.3 Å². The van der Waals surface area contributed by atoms with Gasteiger partial charge in [-0.2, -0.15) is 5.26 Å². The van der Waals surface area contributed by atoms with E-state index in [0.717, 1.165) is 44.4 Å². The van der Waals surface area contributed by atoms with Crippen LogP contribution >= 0.6 is 0 Å². The zero-order valence-corrected chi connectivity index (χ0v) is 15.0. The predicted octanol–water partition coefficient (Wildman–Crippen LogP) is 6.87. The molecule has 28 heavy (non-hydrogen) atoms. The van der Waals surface area contributed by atoms with Gasteiger partial charge in [-0.15, -0.1) is 0 Å². The summed E-state index contributed by atoms with van der Waals surface area (Å²) in [5.74, 6) is 0. The Labute approximate surface area is 162 Å². The first-order chi connectivity index (χ1) is 13.8. The fourth-order valence-corrected chi connectivity index (χ4v) is 3.57. The highest BCUT2D eigenvalue weighted by Crippen LogP contribution is 2.37. The molecule has 5 rings (SSSR count). The Bertz CT molecular complexity index is 1340. The Balaban J connectivity index is 1.67. The summed E-state index contributed by atoms with van der Waals surface area (Å²) in [6, 6.07) is 32.2. The molecule has 0 fully saturated rings. The molecular weight excluding hydrogens is 344 g/mol. The summed E-state index contributed by atoms with van der Waals surface area (Å²) in [5.41, 5.74) is 6.19. The van der Waals surface area contributed by atoms with Crippen molar-refractivity contribution >= 4 is 33.3 Å². The highest BCUT2D eigenvalue weighted by atomic mass is 16.3. The van der Waals surface area contributed by atoms with Gasteiger partial charge in [0, 0.05) is 22.0 Å². The van der Waals surface area contributed by atoms with Gasteiger partial charge in [-0.3, -0.25) is 0 Å². The van der Waals surface area contributed by atoms with Crippen LogP contribution in [0.3, 0.4) is 0 Å². The minimum absolute atomic E-state index is 0.631. The number of nitrogens with zero attached hydrogens (tertiary/aromatic N) is 1. The Morgan fingerprint density at radius 1 is 0.714 bits per heavy atom. The maximum absolute atomic E-state index is 9.33. The topological polar surface area (TPSA) is 49.0 Å². The first kappa shape index (κ1) is 16.2. The summed E-state index contributed by atoms with van der Waals surface area (Å²) in [5, 5.41) is 15.0. The number of nitrogens with one attached hydrogen (secondary N) is 1. The third-order valence-electron chi connectivity index (χ3n) is 4.91. The molecule has 3 nitrogen and oxygen atoms in total. The van der Waals surface area contributed by atoms with Crippen molar-refractivity contribution in [2.75, 3.05) is 5.32 Å². The van der Waals surface area contributed by atoms with E-state index in [0.29, 0.717) is 5.56 Å². The van der Waals surface area contributed by atoms with Gasteiger partial charge in [-0.25, -0.2) is 0 Å². The predicted molar refractivity (Wildman–Crippen MR) is 114 cm³/mol. The minimum atomic E-state index is 0.631. The number of rotatable bonds is 3. The molecule has 0 aliphatic carbocycles. The van der Waals surface area contributed by atoms with Crippen molar-refractivity contribution in [3.63, 3.8) is 0 Å². The third kappa shape index (κ3) is 2.69. The molecule has 0 saturated carbocycles. The maximum atomic E-state index is 9.33. The molecule has 0 radical (unpaired) electrons. The summed E-state index contributed by atoms with van der Waals surface area (Å²) in [6.07, 6.45) is 0. The van der Waals surface area contributed by atoms with Crippen LogP contribution in [0.2, 0.25) is 0 Å². The quantitative estimate of drug-likeness (QED) is 0.382. The second-order valence-electron chi connectivity index (χ2n) is 6.64. The Hall–Kier alpha value is -4.03. The van der Waals surface area contributed by atoms with Crippen LogP contribution < -0.4 is 5.32 Å². The zero-order valence-electron chi connectivity index (χ0n) is 15.0. The van der Waals surface area contributed by atoms with E-state index in [1.807, 2.05) is 78.9 Å². The molecule has 1 N–H and O–H groups in total. The molecule has 132 valence electrons. The van der Waals surface area contributed by atoms with E-state index in [9.17, 15) is 5.26 Å². The molecule has 0 bridgehead atoms. The number of para-hydroxylation sites is 2. The lowest BCUT2D eigenvalue weighted by molar-refractivity contribution is 0.670. The second kappa shape index (κ2) is 6.61. The minimum Gasteiger partial charge on any atom is -0.454 e. The van der Waals surface area contributed by atoms with Gasteiger partial charge in [0.1, 0.15) is 5.58 Å². The van der Waals surface area contributed by atoms with E-state index in [1.165, 1.54) is 0 Å². The number of nitriles is 1. The van der Waals surface area contributed by atoms with Gasteiger partial charge in [0.2, 0.25) is 0 Å². The lowest BCUT2D eigenvalue weighted by Crippen LogP contribution is -1.94. The summed E-state index contributed by atoms with van der Waals surface area (Å²) in [7, 11) is 0. The normalized spacial score (nSPS) is 10.8. The van der Waals surface area contributed by atoms with E-state index in [1.54, 1.807) is 0 Å². The molecule has 1 heterocycles. The highest BCUT2D eigenvalue weighted by Gasteiger charge is 2.13. The number of furan rings is 1. The van der Waals surface area contributed by atoms with Gasteiger partial charge < -0.3 is 9.73 Å². The molecule has 5 aromatic rings. The Morgan fingerprint density at radius 3 is 2.36 bits per heavy atom. The smallest absolute Gasteiger partial charge is 0.158 e. The van der Waals surface area contributed by atoms with Crippen molar-refractivity contribution in [1.82, 2.24) is 0 Å². The molecule has 0 atom stereocenters. The summed E-state index contributed by atoms with van der Waals surface area (Å²) in [4.78, 5) is 0. The second-order valence-corrected chi connectivity index (χ2v) is 6.64. The van der Waals surface area contributed by atoms with Crippen molar-refractivity contribution in [2.45, 2.75) is 0 Å². The molecule has 1 aromatic heterocycles. The van der Waals surface area contributed by atoms with Gasteiger partial charge in [-0.1, -0.05) is 60.7 Å². The molecule has 0 unspecified atom stereocenters. The van der Waals surface area contributed by atoms with Crippen LogP contribution in [0.15, 0.2) is 95.4 Å². The van der Waals surface area contributed by atoms with Crippen LogP contribution in [-0.4, -0.2) is 0 Å². The van der Waals surface area contributed by atoms with Gasteiger partial charge in [0.15, 0.2) is 5.58 Å². The average Bonchev–Trinajstić information content (AvgIpc) is 3.14. The van der Waals surface area contributed by atoms with E-state index in [2.05, 4.69) is 23.5 Å². The standard InChI is InChI=1S/C25H16N2O/c26-16-17-13-14-22(21(15-17)18-7-2-1-3-8-18)27-23-11-6-10-20-19-9-4-5-12-24(19)28-25(20)23/h1-15,27H. The summed E-state index contributed by atoms with van der Waals surface area (Å²) < 4.78 is 6.13. The fraction of sp³-hybridized carbons (Fsp3) is 0. The van der Waals surface area contributed by atoms with Crippen LogP contribution in [0.4, 0.5) is 11.4 Å². The monoisotopic (exact) mass is 360 g/mol. The zero-order chi connectivity index (χ0) is 18.9. The summed E-state index contributed by atoms with van der Waals surface area (Å²) >= 11 is 0. The SMILES string of the molecule is N#Cc1ccc(Nc2cccc3c2oc2ccccc23)c(-c2ccccc2)c1. The van der Waals surface area contributed by atoms with Gasteiger partial charge in [0.25, 0.3) is 0 Å². The van der Waals surface area contributed by atoms with Gasteiger partial charge in [-0.05, 0) is 35.9 Å². The van der Waals surface area contributed by atoms with Crippen molar-refractivity contribution in [3.8, 4) is 17.2 Å². The first-order valence-corrected chi connectivity index (χ1v) is 9.10. The molecule has 0 aliphatic rings. The van der Waals surface area contributed by atoms with Crippen LogP contribution in [0.5, 0.6) is 0 Å². The average molecular weight is 360 g/mol. The lowest BCUT2D eigenvalue weighted by atomic mass is 10.0. The molecular formula is C25H16N2O. The number of benzene rings is 4. The number of hydrogen-bond acceptors (Lipinski definition) is 3. The number of anilines is 2. The van der Waals surface area contributed by atoms with Gasteiger partial charge in [0.05, 0.1) is 17.3 Å². The molecule has 0 saturated heterocycles. The largest absolute Gasteiger partial charge is 0.454 e. The Kier molecular flexibility index (Phi) is 3.81. The first-order valence-electron chi connectivity index (χ1n) is 9.10. The maximum Gasteiger partial charge on any atom is 0.158 e. The number of fused-ring (bicyclic) bond motifs is 3. The highest BCUT2D eigenvalue weighted by molar-refractivity contribution is 6.09. The van der Waals surface area contributed by atoms with Crippen molar-refractivity contribution in [3.05, 3.63) is 96.6 Å². The molecule has 4 aromatic carbocycles. The van der Waals surface area contributed by atoms with Crippen molar-refractivity contribution in [1.29, 1.82) is 5.26 Å². The van der Waals surface area contributed by atoms with Crippen LogP contribution in [0.25, 0.3) is 33.1 Å². The van der Waals surface area contributed by atoms with Crippen LogP contribution in [-0.2, 0) is 0 Å². The van der Waals surface area contributed by atoms with E-state index >= 15 is 0 Å². The number of hydrogen-bond donors (Lipinski definition) is 1. The lowest BCUT2D eigenvalue weighted by Gasteiger charge is -2.13. The van der Waals surface area contributed by atoms with Crippen molar-refractivity contribution in [2.24, 2.45) is 0 Å². The molecule has 0 aliphatic heterocycles. The van der Waals surface area contributed by atoms with E-state index < -0.39 is 0 Å².